The Hall–Kier alpha value is -1.99. The number of ether oxygens (including phenoxy) is 1. The molecule has 20 heavy (non-hydrogen) atoms. The normalized spacial score (nSPS) is 10.8. The maximum absolute atomic E-state index is 6.04. The summed E-state index contributed by atoms with van der Waals surface area (Å²) in [6.45, 7) is 2.07. The molecule has 0 amide bonds. The van der Waals surface area contributed by atoms with Gasteiger partial charge in [0.05, 0.1) is 7.11 Å². The van der Waals surface area contributed by atoms with E-state index >= 15 is 0 Å². The van der Waals surface area contributed by atoms with E-state index in [0.29, 0.717) is 0 Å². The number of hydrogen-bond acceptors (Lipinski definition) is 1. The monoisotopic (exact) mass is 282 g/mol. The highest BCUT2D eigenvalue weighted by molar-refractivity contribution is 6.30. The SMILES string of the molecule is COc1c(-c2ccc(Cl)cc2C)ccc2ccccc12. The molecule has 0 saturated carbocycles. The zero-order valence-electron chi connectivity index (χ0n) is 11.5. The lowest BCUT2D eigenvalue weighted by atomic mass is 9.96. The van der Waals surface area contributed by atoms with E-state index in [-0.39, 0.29) is 0 Å². The predicted octanol–water partition coefficient (Wildman–Crippen LogP) is 5.48. The summed E-state index contributed by atoms with van der Waals surface area (Å²) in [5.74, 6) is 0.911. The van der Waals surface area contributed by atoms with Gasteiger partial charge in [0.25, 0.3) is 0 Å². The maximum atomic E-state index is 6.04. The van der Waals surface area contributed by atoms with Crippen molar-refractivity contribution in [1.29, 1.82) is 0 Å². The lowest BCUT2D eigenvalue weighted by molar-refractivity contribution is 0.421. The molecular weight excluding hydrogens is 268 g/mol. The van der Waals surface area contributed by atoms with E-state index < -0.39 is 0 Å². The van der Waals surface area contributed by atoms with E-state index in [0.717, 1.165) is 32.8 Å². The first-order chi connectivity index (χ1) is 9.70. The van der Waals surface area contributed by atoms with Crippen LogP contribution < -0.4 is 4.74 Å². The molecule has 0 fully saturated rings. The molecule has 0 aliphatic carbocycles. The van der Waals surface area contributed by atoms with Gasteiger partial charge in [0.1, 0.15) is 5.75 Å². The van der Waals surface area contributed by atoms with Crippen LogP contribution in [0.1, 0.15) is 5.56 Å². The predicted molar refractivity (Wildman–Crippen MR) is 85.7 cm³/mol. The van der Waals surface area contributed by atoms with Crippen LogP contribution in [0, 0.1) is 6.92 Å². The van der Waals surface area contributed by atoms with Crippen LogP contribution in [0.15, 0.2) is 54.6 Å². The fourth-order valence-corrected chi connectivity index (χ4v) is 2.83. The molecule has 0 unspecified atom stereocenters. The first-order valence-electron chi connectivity index (χ1n) is 6.53. The zero-order valence-corrected chi connectivity index (χ0v) is 12.2. The van der Waals surface area contributed by atoms with Gasteiger partial charge in [-0.3, -0.25) is 0 Å². The van der Waals surface area contributed by atoms with Gasteiger partial charge in [-0.25, -0.2) is 0 Å². The van der Waals surface area contributed by atoms with Crippen LogP contribution in [0.3, 0.4) is 0 Å². The van der Waals surface area contributed by atoms with Crippen LogP contribution in [0.25, 0.3) is 21.9 Å². The molecule has 0 radical (unpaired) electrons. The molecule has 3 aromatic rings. The fourth-order valence-electron chi connectivity index (χ4n) is 2.60. The second kappa shape index (κ2) is 5.18. The van der Waals surface area contributed by atoms with Gasteiger partial charge in [0, 0.05) is 16.0 Å². The second-order valence-corrected chi connectivity index (χ2v) is 5.26. The first-order valence-corrected chi connectivity index (χ1v) is 6.91. The van der Waals surface area contributed by atoms with Crippen molar-refractivity contribution >= 4 is 22.4 Å². The first kappa shape index (κ1) is 13.0. The standard InChI is InChI=1S/C18H15ClO/c1-12-11-14(19)8-10-15(12)17-9-7-13-5-3-4-6-16(13)18(17)20-2/h3-11H,1-2H3. The van der Waals surface area contributed by atoms with Crippen molar-refractivity contribution in [3.63, 3.8) is 0 Å². The Labute approximate surface area is 123 Å². The average Bonchev–Trinajstić information content (AvgIpc) is 2.46. The Bertz CT molecular complexity index is 777. The number of halogens is 1. The highest BCUT2D eigenvalue weighted by Crippen LogP contribution is 2.38. The van der Waals surface area contributed by atoms with Crippen molar-refractivity contribution in [3.05, 3.63) is 65.2 Å². The lowest BCUT2D eigenvalue weighted by Crippen LogP contribution is -1.91. The molecule has 0 atom stereocenters. The van der Waals surface area contributed by atoms with Crippen molar-refractivity contribution in [1.82, 2.24) is 0 Å². The van der Waals surface area contributed by atoms with Crippen molar-refractivity contribution in [2.45, 2.75) is 6.92 Å². The number of aryl methyl sites for hydroxylation is 1. The van der Waals surface area contributed by atoms with Crippen LogP contribution in [0.5, 0.6) is 5.75 Å². The minimum Gasteiger partial charge on any atom is -0.495 e. The molecule has 0 bridgehead atoms. The Balaban J connectivity index is 2.30. The zero-order chi connectivity index (χ0) is 14.1. The van der Waals surface area contributed by atoms with Gasteiger partial charge in [-0.15, -0.1) is 0 Å². The highest BCUT2D eigenvalue weighted by atomic mass is 35.5. The summed E-state index contributed by atoms with van der Waals surface area (Å²) in [5, 5.41) is 3.06. The molecule has 3 rings (SSSR count). The number of hydrogen-bond donors (Lipinski definition) is 0. The Morgan fingerprint density at radius 3 is 2.40 bits per heavy atom. The molecule has 0 spiro atoms. The van der Waals surface area contributed by atoms with Crippen molar-refractivity contribution in [2.24, 2.45) is 0 Å². The van der Waals surface area contributed by atoms with E-state index in [1.807, 2.05) is 30.3 Å². The van der Waals surface area contributed by atoms with Gasteiger partial charge in [-0.05, 0) is 35.6 Å². The lowest BCUT2D eigenvalue weighted by Gasteiger charge is -2.14. The molecule has 100 valence electrons. The average molecular weight is 283 g/mol. The van der Waals surface area contributed by atoms with Crippen LogP contribution in [0.2, 0.25) is 5.02 Å². The molecule has 1 nitrogen and oxygen atoms in total. The summed E-state index contributed by atoms with van der Waals surface area (Å²) in [5.41, 5.74) is 3.39. The summed E-state index contributed by atoms with van der Waals surface area (Å²) < 4.78 is 5.67. The Morgan fingerprint density at radius 2 is 1.65 bits per heavy atom. The van der Waals surface area contributed by atoms with Gasteiger partial charge >= 0.3 is 0 Å². The molecule has 3 aromatic carbocycles. The number of benzene rings is 3. The molecular formula is C18H15ClO. The second-order valence-electron chi connectivity index (χ2n) is 4.83. The van der Waals surface area contributed by atoms with E-state index in [1.165, 1.54) is 5.39 Å². The van der Waals surface area contributed by atoms with Crippen LogP contribution in [-0.4, -0.2) is 7.11 Å². The number of fused-ring (bicyclic) bond motifs is 1. The minimum atomic E-state index is 0.756. The van der Waals surface area contributed by atoms with Crippen molar-refractivity contribution < 1.29 is 4.74 Å². The van der Waals surface area contributed by atoms with E-state index in [4.69, 9.17) is 16.3 Å². The maximum Gasteiger partial charge on any atom is 0.134 e. The summed E-state index contributed by atoms with van der Waals surface area (Å²) in [6, 6.07) is 18.4. The topological polar surface area (TPSA) is 9.23 Å². The van der Waals surface area contributed by atoms with Gasteiger partial charge in [-0.2, -0.15) is 0 Å². The largest absolute Gasteiger partial charge is 0.495 e. The smallest absolute Gasteiger partial charge is 0.134 e. The fraction of sp³-hybridized carbons (Fsp3) is 0.111. The summed E-state index contributed by atoms with van der Waals surface area (Å²) >= 11 is 6.04. The van der Waals surface area contributed by atoms with Gasteiger partial charge in [-0.1, -0.05) is 54.1 Å². The third-order valence-corrected chi connectivity index (χ3v) is 3.80. The Kier molecular flexibility index (Phi) is 3.37. The Morgan fingerprint density at radius 1 is 0.900 bits per heavy atom. The molecule has 0 N–H and O–H groups in total. The number of methoxy groups -OCH3 is 1. The molecule has 0 aliphatic heterocycles. The van der Waals surface area contributed by atoms with Gasteiger partial charge < -0.3 is 4.74 Å². The highest BCUT2D eigenvalue weighted by Gasteiger charge is 2.11. The van der Waals surface area contributed by atoms with E-state index in [9.17, 15) is 0 Å². The molecule has 0 heterocycles. The summed E-state index contributed by atoms with van der Waals surface area (Å²) in [6.07, 6.45) is 0. The van der Waals surface area contributed by atoms with Crippen LogP contribution >= 0.6 is 11.6 Å². The van der Waals surface area contributed by atoms with Gasteiger partial charge in [0.15, 0.2) is 0 Å². The molecule has 0 saturated heterocycles. The quantitative estimate of drug-likeness (QED) is 0.605. The molecule has 2 heteroatoms. The van der Waals surface area contributed by atoms with Crippen LogP contribution in [-0.2, 0) is 0 Å². The van der Waals surface area contributed by atoms with Crippen molar-refractivity contribution in [2.75, 3.05) is 7.11 Å². The minimum absolute atomic E-state index is 0.756. The van der Waals surface area contributed by atoms with Crippen molar-refractivity contribution in [3.8, 4) is 16.9 Å². The number of rotatable bonds is 2. The van der Waals surface area contributed by atoms with E-state index in [2.05, 4.69) is 31.2 Å². The van der Waals surface area contributed by atoms with E-state index in [1.54, 1.807) is 7.11 Å². The third-order valence-electron chi connectivity index (χ3n) is 3.56. The molecule has 0 aliphatic rings. The third kappa shape index (κ3) is 2.14. The molecule has 0 aromatic heterocycles. The summed E-state index contributed by atoms with van der Waals surface area (Å²) in [7, 11) is 1.72. The van der Waals surface area contributed by atoms with Gasteiger partial charge in [0.2, 0.25) is 0 Å². The van der Waals surface area contributed by atoms with Crippen LogP contribution in [0.4, 0.5) is 0 Å². The summed E-state index contributed by atoms with van der Waals surface area (Å²) in [4.78, 5) is 0.